The minimum Gasteiger partial charge on any atom is -0.293 e. The number of nitrogens with one attached hydrogen (secondary N) is 1. The number of carbonyl (C=O) groups excluding carboxylic acids is 1. The number of aromatic nitrogens is 3. The van der Waals surface area contributed by atoms with Gasteiger partial charge in [-0.05, 0) is 36.6 Å². The zero-order valence-electron chi connectivity index (χ0n) is 15.2. The average molecular weight is 447 g/mol. The van der Waals surface area contributed by atoms with E-state index in [4.69, 9.17) is 0 Å². The van der Waals surface area contributed by atoms with E-state index in [0.29, 0.717) is 33.6 Å². The van der Waals surface area contributed by atoms with Crippen molar-refractivity contribution in [3.8, 4) is 0 Å². The van der Waals surface area contributed by atoms with Crippen LogP contribution in [0, 0.1) is 17.7 Å². The van der Waals surface area contributed by atoms with E-state index in [1.54, 1.807) is 12.1 Å². The number of nitrogens with zero attached hydrogens (tertiary/aromatic N) is 3. The monoisotopic (exact) mass is 446 g/mol. The fourth-order valence-electron chi connectivity index (χ4n) is 3.56. The molecule has 1 atom stereocenters. The van der Waals surface area contributed by atoms with E-state index in [1.165, 1.54) is 29.3 Å². The summed E-state index contributed by atoms with van der Waals surface area (Å²) in [5.41, 5.74) is 2.43. The highest BCUT2D eigenvalue weighted by Crippen LogP contribution is 2.43. The second-order valence-corrected chi connectivity index (χ2v) is 8.06. The van der Waals surface area contributed by atoms with Crippen LogP contribution in [-0.2, 0) is 6.42 Å². The van der Waals surface area contributed by atoms with Crippen molar-refractivity contribution < 1.29 is 13.6 Å². The number of anilines is 1. The molecule has 3 aromatic rings. The van der Waals surface area contributed by atoms with E-state index in [1.807, 2.05) is 0 Å². The second-order valence-electron chi connectivity index (χ2n) is 7.15. The lowest BCUT2D eigenvalue weighted by atomic mass is 9.95. The molecular formula is C20H17BrF2N4O. The summed E-state index contributed by atoms with van der Waals surface area (Å²) in [7, 11) is 0. The lowest BCUT2D eigenvalue weighted by Gasteiger charge is -2.26. The maximum absolute atomic E-state index is 14.9. The summed E-state index contributed by atoms with van der Waals surface area (Å²) < 4.78 is 28.8. The highest BCUT2D eigenvalue weighted by atomic mass is 79.9. The Balaban J connectivity index is 1.92. The van der Waals surface area contributed by atoms with Crippen LogP contribution in [0.2, 0.25) is 0 Å². The Morgan fingerprint density at radius 2 is 2.04 bits per heavy atom. The second kappa shape index (κ2) is 7.09. The number of carbonyl (C=O) groups is 1. The number of halogens is 3. The van der Waals surface area contributed by atoms with Gasteiger partial charge in [-0.15, -0.1) is 0 Å². The fourth-order valence-corrected chi connectivity index (χ4v) is 3.90. The van der Waals surface area contributed by atoms with Crippen LogP contribution in [0.5, 0.6) is 0 Å². The van der Waals surface area contributed by atoms with Crippen LogP contribution in [0.25, 0.3) is 0 Å². The maximum Gasteiger partial charge on any atom is 0.280 e. The van der Waals surface area contributed by atoms with Crippen molar-refractivity contribution in [2.45, 2.75) is 26.3 Å². The summed E-state index contributed by atoms with van der Waals surface area (Å²) in [6.45, 7) is 4.11. The molecule has 4 rings (SSSR count). The third-order valence-corrected chi connectivity index (χ3v) is 5.19. The largest absolute Gasteiger partial charge is 0.293 e. The number of hydrogen-bond donors (Lipinski definition) is 1. The van der Waals surface area contributed by atoms with Gasteiger partial charge in [0.05, 0.1) is 17.9 Å². The average Bonchev–Trinajstić information content (AvgIpc) is 3.15. The van der Waals surface area contributed by atoms with Crippen LogP contribution in [0.1, 0.15) is 47.2 Å². The van der Waals surface area contributed by atoms with Gasteiger partial charge in [-0.25, -0.2) is 9.37 Å². The molecule has 0 radical (unpaired) electrons. The number of rotatable bonds is 4. The van der Waals surface area contributed by atoms with Crippen LogP contribution in [0.3, 0.4) is 0 Å². The predicted molar refractivity (Wildman–Crippen MR) is 104 cm³/mol. The number of H-pyrrole nitrogens is 1. The number of fused-ring (bicyclic) bond motifs is 1. The van der Waals surface area contributed by atoms with Crippen molar-refractivity contribution in [3.63, 3.8) is 0 Å². The third-order valence-electron chi connectivity index (χ3n) is 4.70. The van der Waals surface area contributed by atoms with Gasteiger partial charge in [-0.3, -0.25) is 14.8 Å². The number of aromatic amines is 1. The van der Waals surface area contributed by atoms with Crippen LogP contribution in [0.15, 0.2) is 41.0 Å². The minimum atomic E-state index is -0.713. The highest BCUT2D eigenvalue weighted by Gasteiger charge is 2.44. The summed E-state index contributed by atoms with van der Waals surface area (Å²) in [6, 6.07) is 6.65. The Hall–Kier alpha value is -2.61. The van der Waals surface area contributed by atoms with Gasteiger partial charge >= 0.3 is 0 Å². The fraction of sp³-hybridized carbons (Fsp3) is 0.250. The first kappa shape index (κ1) is 18.7. The van der Waals surface area contributed by atoms with E-state index < -0.39 is 17.8 Å². The van der Waals surface area contributed by atoms with Gasteiger partial charge in [-0.2, -0.15) is 9.49 Å². The Morgan fingerprint density at radius 1 is 1.25 bits per heavy atom. The van der Waals surface area contributed by atoms with Crippen LogP contribution >= 0.6 is 15.9 Å². The molecule has 28 heavy (non-hydrogen) atoms. The standard InChI is InChI=1S/C20H17BrF2N4O/c1-10(2)7-15-17-18(26-25-15)20(28)27(12-4-6-16(23)24-9-12)19(17)13-5-3-11(21)8-14(13)22/h3-6,8-10,19H,7H2,1-2H3,(H,25,26). The van der Waals surface area contributed by atoms with Gasteiger partial charge in [0.25, 0.3) is 5.91 Å². The molecule has 1 aromatic carbocycles. The normalized spacial score (nSPS) is 16.1. The highest BCUT2D eigenvalue weighted by molar-refractivity contribution is 9.10. The van der Waals surface area contributed by atoms with Crippen molar-refractivity contribution in [2.75, 3.05) is 4.90 Å². The molecule has 0 fully saturated rings. The molecule has 1 unspecified atom stereocenters. The molecule has 1 N–H and O–H groups in total. The Labute approximate surface area is 168 Å². The van der Waals surface area contributed by atoms with Gasteiger partial charge in [0.2, 0.25) is 5.95 Å². The Kier molecular flexibility index (Phi) is 4.74. The zero-order valence-corrected chi connectivity index (χ0v) is 16.8. The van der Waals surface area contributed by atoms with Crippen LogP contribution in [-0.4, -0.2) is 21.1 Å². The van der Waals surface area contributed by atoms with Crippen molar-refractivity contribution in [1.82, 2.24) is 15.2 Å². The molecule has 0 aliphatic carbocycles. The molecule has 3 heterocycles. The Bertz CT molecular complexity index is 1050. The van der Waals surface area contributed by atoms with E-state index in [2.05, 4.69) is 45.0 Å². The smallest absolute Gasteiger partial charge is 0.280 e. The first-order valence-corrected chi connectivity index (χ1v) is 9.63. The van der Waals surface area contributed by atoms with E-state index >= 15 is 0 Å². The summed E-state index contributed by atoms with van der Waals surface area (Å²) in [5.74, 6) is -1.16. The van der Waals surface area contributed by atoms with Gasteiger partial charge in [0.1, 0.15) is 5.82 Å². The summed E-state index contributed by atoms with van der Waals surface area (Å²) in [6.07, 6.45) is 1.94. The van der Waals surface area contributed by atoms with Crippen molar-refractivity contribution in [3.05, 3.63) is 75.3 Å². The maximum atomic E-state index is 14.9. The van der Waals surface area contributed by atoms with Crippen LogP contribution < -0.4 is 4.90 Å². The molecule has 1 aliphatic heterocycles. The summed E-state index contributed by atoms with van der Waals surface area (Å²) >= 11 is 3.27. The van der Waals surface area contributed by atoms with E-state index in [0.717, 1.165) is 5.69 Å². The molecule has 1 amide bonds. The van der Waals surface area contributed by atoms with Crippen molar-refractivity contribution in [1.29, 1.82) is 0 Å². The number of hydrogen-bond acceptors (Lipinski definition) is 3. The molecule has 144 valence electrons. The Morgan fingerprint density at radius 3 is 2.68 bits per heavy atom. The van der Waals surface area contributed by atoms with Crippen molar-refractivity contribution in [2.24, 2.45) is 5.92 Å². The first-order valence-electron chi connectivity index (χ1n) is 8.84. The van der Waals surface area contributed by atoms with Gasteiger partial charge in [0, 0.05) is 21.3 Å². The third kappa shape index (κ3) is 3.11. The summed E-state index contributed by atoms with van der Waals surface area (Å²) in [5, 5.41) is 7.15. The molecule has 0 bridgehead atoms. The molecular weight excluding hydrogens is 430 g/mol. The SMILES string of the molecule is CC(C)Cc1[nH]nc2c1C(c1ccc(Br)cc1F)N(c1ccc(F)nc1)C2=O. The number of amides is 1. The molecule has 0 saturated carbocycles. The number of pyridine rings is 1. The van der Waals surface area contributed by atoms with Crippen LogP contribution in [0.4, 0.5) is 14.5 Å². The number of benzene rings is 1. The van der Waals surface area contributed by atoms with Gasteiger partial charge < -0.3 is 0 Å². The van der Waals surface area contributed by atoms with E-state index in [-0.39, 0.29) is 11.6 Å². The molecule has 1 aliphatic rings. The van der Waals surface area contributed by atoms with E-state index in [9.17, 15) is 13.6 Å². The zero-order chi connectivity index (χ0) is 20.0. The lowest BCUT2D eigenvalue weighted by molar-refractivity contribution is 0.0988. The molecule has 8 heteroatoms. The topological polar surface area (TPSA) is 61.9 Å². The minimum absolute atomic E-state index is 0.257. The summed E-state index contributed by atoms with van der Waals surface area (Å²) in [4.78, 5) is 18.2. The first-order chi connectivity index (χ1) is 13.4. The quantitative estimate of drug-likeness (QED) is 0.585. The molecule has 5 nitrogen and oxygen atoms in total. The molecule has 0 saturated heterocycles. The van der Waals surface area contributed by atoms with Crippen molar-refractivity contribution >= 4 is 27.5 Å². The molecule has 0 spiro atoms. The van der Waals surface area contributed by atoms with Gasteiger partial charge in [-0.1, -0.05) is 35.8 Å². The van der Waals surface area contributed by atoms with Gasteiger partial charge in [0.15, 0.2) is 5.69 Å². The molecule has 2 aromatic heterocycles. The lowest BCUT2D eigenvalue weighted by Crippen LogP contribution is -2.30. The predicted octanol–water partition coefficient (Wildman–Crippen LogP) is 4.79.